The van der Waals surface area contributed by atoms with Gasteiger partial charge in [-0.3, -0.25) is 4.79 Å². The smallest absolute Gasteiger partial charge is 0.243 e. The molecule has 1 amide bonds. The van der Waals surface area contributed by atoms with Gasteiger partial charge in [0, 0.05) is 32.1 Å². The molecule has 132 valence electrons. The van der Waals surface area contributed by atoms with E-state index < -0.39 is 10.0 Å². The normalized spacial score (nSPS) is 21.3. The van der Waals surface area contributed by atoms with Crippen molar-refractivity contribution in [2.75, 3.05) is 39.3 Å². The number of nitrogens with one attached hydrogen (secondary N) is 1. The highest BCUT2D eigenvalue weighted by Crippen LogP contribution is 2.22. The van der Waals surface area contributed by atoms with Gasteiger partial charge in [-0.25, -0.2) is 8.42 Å². The molecule has 2 aliphatic rings. The SMILES string of the molecule is Cc1ccc(S(=O)(=O)N2CCN(C(=O)C(C)C3CNC3)CC2)cc1. The lowest BCUT2D eigenvalue weighted by Gasteiger charge is -2.38. The first-order valence-corrected chi connectivity index (χ1v) is 9.90. The fourth-order valence-electron chi connectivity index (χ4n) is 3.16. The summed E-state index contributed by atoms with van der Waals surface area (Å²) in [5.41, 5.74) is 1.03. The van der Waals surface area contributed by atoms with Gasteiger partial charge in [-0.1, -0.05) is 24.6 Å². The number of aryl methyl sites for hydroxylation is 1. The van der Waals surface area contributed by atoms with Crippen molar-refractivity contribution in [3.05, 3.63) is 29.8 Å². The van der Waals surface area contributed by atoms with E-state index in [0.717, 1.165) is 18.7 Å². The largest absolute Gasteiger partial charge is 0.340 e. The summed E-state index contributed by atoms with van der Waals surface area (Å²) in [7, 11) is -3.47. The predicted molar refractivity (Wildman–Crippen MR) is 92.0 cm³/mol. The molecule has 2 heterocycles. The van der Waals surface area contributed by atoms with E-state index in [0.29, 0.717) is 37.0 Å². The minimum Gasteiger partial charge on any atom is -0.340 e. The van der Waals surface area contributed by atoms with Gasteiger partial charge in [0.05, 0.1) is 4.90 Å². The van der Waals surface area contributed by atoms with Gasteiger partial charge in [-0.2, -0.15) is 4.31 Å². The summed E-state index contributed by atoms with van der Waals surface area (Å²) in [6.07, 6.45) is 0. The van der Waals surface area contributed by atoms with Crippen LogP contribution in [0.3, 0.4) is 0 Å². The number of nitrogens with zero attached hydrogens (tertiary/aromatic N) is 2. The highest BCUT2D eigenvalue weighted by atomic mass is 32.2. The van der Waals surface area contributed by atoms with Gasteiger partial charge in [0.15, 0.2) is 0 Å². The second kappa shape index (κ2) is 6.82. The lowest BCUT2D eigenvalue weighted by Crippen LogP contribution is -2.55. The third kappa shape index (κ3) is 3.34. The molecule has 0 spiro atoms. The molecule has 3 rings (SSSR count). The van der Waals surface area contributed by atoms with E-state index in [1.54, 1.807) is 24.3 Å². The average Bonchev–Trinajstić information content (AvgIpc) is 2.53. The van der Waals surface area contributed by atoms with Crippen LogP contribution in [0, 0.1) is 18.8 Å². The molecule has 2 aliphatic heterocycles. The van der Waals surface area contributed by atoms with Crippen molar-refractivity contribution in [3.8, 4) is 0 Å². The summed E-state index contributed by atoms with van der Waals surface area (Å²) in [5.74, 6) is 0.562. The number of amides is 1. The summed E-state index contributed by atoms with van der Waals surface area (Å²) in [4.78, 5) is 14.7. The number of hydrogen-bond acceptors (Lipinski definition) is 4. The van der Waals surface area contributed by atoms with E-state index in [9.17, 15) is 13.2 Å². The van der Waals surface area contributed by atoms with Crippen LogP contribution in [0.1, 0.15) is 12.5 Å². The molecule has 1 aromatic carbocycles. The summed E-state index contributed by atoms with van der Waals surface area (Å²) in [6, 6.07) is 6.91. The summed E-state index contributed by atoms with van der Waals surface area (Å²) in [5, 5.41) is 3.19. The second-order valence-corrected chi connectivity index (χ2v) is 8.69. The molecule has 1 unspecified atom stereocenters. The average molecular weight is 351 g/mol. The number of piperazine rings is 1. The molecule has 2 fully saturated rings. The van der Waals surface area contributed by atoms with Crippen molar-refractivity contribution in [1.82, 2.24) is 14.5 Å². The zero-order valence-electron chi connectivity index (χ0n) is 14.2. The summed E-state index contributed by atoms with van der Waals surface area (Å²) >= 11 is 0. The van der Waals surface area contributed by atoms with Crippen molar-refractivity contribution >= 4 is 15.9 Å². The first-order valence-electron chi connectivity index (χ1n) is 8.46. The molecule has 1 atom stereocenters. The summed E-state index contributed by atoms with van der Waals surface area (Å²) < 4.78 is 26.9. The molecular formula is C17H25N3O3S. The maximum atomic E-state index is 12.7. The third-order valence-corrected chi connectivity index (χ3v) is 7.03. The number of sulfonamides is 1. The van der Waals surface area contributed by atoms with Crippen LogP contribution in [0.15, 0.2) is 29.2 Å². The molecular weight excluding hydrogens is 326 g/mol. The highest BCUT2D eigenvalue weighted by molar-refractivity contribution is 7.89. The Morgan fingerprint density at radius 2 is 1.71 bits per heavy atom. The zero-order chi connectivity index (χ0) is 17.3. The minimum absolute atomic E-state index is 0.00602. The molecule has 6 nitrogen and oxygen atoms in total. The van der Waals surface area contributed by atoms with Gasteiger partial charge in [-0.15, -0.1) is 0 Å². The first-order chi connectivity index (χ1) is 11.4. The van der Waals surface area contributed by atoms with Crippen LogP contribution in [0.25, 0.3) is 0 Å². The molecule has 24 heavy (non-hydrogen) atoms. The van der Waals surface area contributed by atoms with Crippen molar-refractivity contribution in [2.45, 2.75) is 18.7 Å². The van der Waals surface area contributed by atoms with E-state index in [4.69, 9.17) is 0 Å². The quantitative estimate of drug-likeness (QED) is 0.866. The van der Waals surface area contributed by atoms with E-state index in [-0.39, 0.29) is 11.8 Å². The standard InChI is InChI=1S/C17H25N3O3S/c1-13-3-5-16(6-4-13)24(22,23)20-9-7-19(8-10-20)17(21)14(2)15-11-18-12-15/h3-6,14-15,18H,7-12H2,1-2H3. The Labute approximate surface area is 143 Å². The Morgan fingerprint density at radius 3 is 2.21 bits per heavy atom. The van der Waals surface area contributed by atoms with Crippen molar-refractivity contribution in [3.63, 3.8) is 0 Å². The van der Waals surface area contributed by atoms with E-state index in [2.05, 4.69) is 5.32 Å². The maximum Gasteiger partial charge on any atom is 0.243 e. The van der Waals surface area contributed by atoms with Gasteiger partial charge in [-0.05, 0) is 38.1 Å². The maximum absolute atomic E-state index is 12.7. The number of carbonyl (C=O) groups is 1. The van der Waals surface area contributed by atoms with Gasteiger partial charge in [0.25, 0.3) is 0 Å². The fraction of sp³-hybridized carbons (Fsp3) is 0.588. The van der Waals surface area contributed by atoms with Crippen LogP contribution in [-0.4, -0.2) is 62.8 Å². The molecule has 1 N–H and O–H groups in total. The molecule has 2 saturated heterocycles. The monoisotopic (exact) mass is 351 g/mol. The van der Waals surface area contributed by atoms with Crippen LogP contribution in [0.5, 0.6) is 0 Å². The zero-order valence-corrected chi connectivity index (χ0v) is 15.1. The Hall–Kier alpha value is -1.44. The molecule has 0 aliphatic carbocycles. The van der Waals surface area contributed by atoms with Crippen molar-refractivity contribution in [1.29, 1.82) is 0 Å². The van der Waals surface area contributed by atoms with Crippen LogP contribution in [-0.2, 0) is 14.8 Å². The first kappa shape index (κ1) is 17.4. The van der Waals surface area contributed by atoms with Crippen LogP contribution < -0.4 is 5.32 Å². The number of carbonyl (C=O) groups excluding carboxylic acids is 1. The third-order valence-electron chi connectivity index (χ3n) is 5.12. The van der Waals surface area contributed by atoms with Gasteiger partial charge in [0.2, 0.25) is 15.9 Å². The lowest BCUT2D eigenvalue weighted by atomic mass is 9.88. The topological polar surface area (TPSA) is 69.7 Å². The second-order valence-electron chi connectivity index (χ2n) is 6.75. The van der Waals surface area contributed by atoms with Crippen LogP contribution in [0.4, 0.5) is 0 Å². The van der Waals surface area contributed by atoms with Gasteiger partial charge in [0.1, 0.15) is 0 Å². The molecule has 0 saturated carbocycles. The lowest BCUT2D eigenvalue weighted by molar-refractivity contribution is -0.138. The molecule has 0 bridgehead atoms. The van der Waals surface area contributed by atoms with E-state index >= 15 is 0 Å². The van der Waals surface area contributed by atoms with Gasteiger partial charge < -0.3 is 10.2 Å². The fourth-order valence-corrected chi connectivity index (χ4v) is 4.58. The number of hydrogen-bond donors (Lipinski definition) is 1. The highest BCUT2D eigenvalue weighted by Gasteiger charge is 2.35. The Morgan fingerprint density at radius 1 is 1.12 bits per heavy atom. The predicted octanol–water partition coefficient (Wildman–Crippen LogP) is 0.683. The van der Waals surface area contributed by atoms with Crippen molar-refractivity contribution < 1.29 is 13.2 Å². The molecule has 0 radical (unpaired) electrons. The van der Waals surface area contributed by atoms with Crippen LogP contribution >= 0.6 is 0 Å². The van der Waals surface area contributed by atoms with E-state index in [1.165, 1.54) is 4.31 Å². The summed E-state index contributed by atoms with van der Waals surface area (Å²) in [6.45, 7) is 7.35. The molecule has 1 aromatic rings. The van der Waals surface area contributed by atoms with Gasteiger partial charge >= 0.3 is 0 Å². The molecule has 7 heteroatoms. The van der Waals surface area contributed by atoms with Crippen LogP contribution in [0.2, 0.25) is 0 Å². The Balaban J connectivity index is 1.62. The minimum atomic E-state index is -3.47. The van der Waals surface area contributed by atoms with E-state index in [1.807, 2.05) is 18.7 Å². The Kier molecular flexibility index (Phi) is 4.94. The van der Waals surface area contributed by atoms with Crippen molar-refractivity contribution in [2.24, 2.45) is 11.8 Å². The number of rotatable bonds is 4. The number of benzene rings is 1. The molecule has 0 aromatic heterocycles. The Bertz CT molecular complexity index is 690.